The summed E-state index contributed by atoms with van der Waals surface area (Å²) >= 11 is 0. The molecule has 7 heteroatoms. The molecule has 2 aromatic carbocycles. The predicted molar refractivity (Wildman–Crippen MR) is 94.6 cm³/mol. The number of aromatic nitrogens is 2. The van der Waals surface area contributed by atoms with Crippen LogP contribution in [0, 0.1) is 5.92 Å². The second-order valence-electron chi connectivity index (χ2n) is 6.07. The summed E-state index contributed by atoms with van der Waals surface area (Å²) < 4.78 is 1.69. The number of fused-ring (bicyclic) bond motifs is 1. The van der Waals surface area contributed by atoms with Gasteiger partial charge in [-0.2, -0.15) is 5.10 Å². The first kappa shape index (κ1) is 15.3. The Morgan fingerprint density at radius 1 is 1.16 bits per heavy atom. The minimum atomic E-state index is -0.501. The SMILES string of the molecule is NC(=O)c1cccc2cn(-c3ccc(NC(=O)C4CNC4)cc3)nc12. The molecule has 0 bridgehead atoms. The molecule has 7 nitrogen and oxygen atoms in total. The van der Waals surface area contributed by atoms with Crippen molar-refractivity contribution in [1.29, 1.82) is 0 Å². The van der Waals surface area contributed by atoms with Gasteiger partial charge in [-0.1, -0.05) is 12.1 Å². The summed E-state index contributed by atoms with van der Waals surface area (Å²) in [6.07, 6.45) is 1.84. The third-order valence-electron chi connectivity index (χ3n) is 4.35. The number of hydrogen-bond acceptors (Lipinski definition) is 4. The molecule has 25 heavy (non-hydrogen) atoms. The lowest BCUT2D eigenvalue weighted by Crippen LogP contribution is -2.48. The fourth-order valence-electron chi connectivity index (χ4n) is 2.79. The Morgan fingerprint density at radius 3 is 2.56 bits per heavy atom. The Morgan fingerprint density at radius 2 is 1.92 bits per heavy atom. The third kappa shape index (κ3) is 2.85. The summed E-state index contributed by atoms with van der Waals surface area (Å²) in [5, 5.41) is 11.3. The topological polar surface area (TPSA) is 102 Å². The van der Waals surface area contributed by atoms with Crippen molar-refractivity contribution in [2.24, 2.45) is 11.7 Å². The van der Waals surface area contributed by atoms with Crippen LogP contribution in [0.5, 0.6) is 0 Å². The molecule has 0 spiro atoms. The van der Waals surface area contributed by atoms with E-state index in [-0.39, 0.29) is 11.8 Å². The van der Waals surface area contributed by atoms with Gasteiger partial charge < -0.3 is 16.4 Å². The summed E-state index contributed by atoms with van der Waals surface area (Å²) in [5.41, 5.74) is 7.95. The number of benzene rings is 2. The molecule has 3 aromatic rings. The number of primary amides is 1. The minimum Gasteiger partial charge on any atom is -0.366 e. The van der Waals surface area contributed by atoms with Crippen molar-refractivity contribution in [3.63, 3.8) is 0 Å². The van der Waals surface area contributed by atoms with Crippen LogP contribution in [0.1, 0.15) is 10.4 Å². The Balaban J connectivity index is 1.59. The Hall–Kier alpha value is -3.19. The van der Waals surface area contributed by atoms with Crippen LogP contribution in [0.3, 0.4) is 0 Å². The second kappa shape index (κ2) is 6.03. The van der Waals surface area contributed by atoms with Gasteiger partial charge in [0.1, 0.15) is 5.52 Å². The van der Waals surface area contributed by atoms with Crippen LogP contribution in [0.25, 0.3) is 16.6 Å². The lowest BCUT2D eigenvalue weighted by molar-refractivity contribution is -0.121. The fraction of sp³-hybridized carbons (Fsp3) is 0.167. The molecule has 0 aliphatic carbocycles. The number of nitrogens with two attached hydrogens (primary N) is 1. The van der Waals surface area contributed by atoms with Crippen LogP contribution in [-0.2, 0) is 4.79 Å². The molecule has 4 rings (SSSR count). The third-order valence-corrected chi connectivity index (χ3v) is 4.35. The van der Waals surface area contributed by atoms with E-state index in [1.54, 1.807) is 16.8 Å². The number of amides is 2. The van der Waals surface area contributed by atoms with Gasteiger partial charge in [-0.15, -0.1) is 0 Å². The monoisotopic (exact) mass is 335 g/mol. The summed E-state index contributed by atoms with van der Waals surface area (Å²) in [4.78, 5) is 23.5. The van der Waals surface area contributed by atoms with Gasteiger partial charge in [0.05, 0.1) is 17.2 Å². The first-order chi connectivity index (χ1) is 12.1. The average Bonchev–Trinajstić information content (AvgIpc) is 2.97. The van der Waals surface area contributed by atoms with E-state index in [1.807, 2.05) is 36.5 Å². The molecular weight excluding hydrogens is 318 g/mol. The van der Waals surface area contributed by atoms with Gasteiger partial charge >= 0.3 is 0 Å². The van der Waals surface area contributed by atoms with Crippen molar-refractivity contribution in [2.45, 2.75) is 0 Å². The molecule has 1 fully saturated rings. The molecule has 2 heterocycles. The van der Waals surface area contributed by atoms with Crippen LogP contribution in [0.4, 0.5) is 5.69 Å². The molecule has 1 aromatic heterocycles. The van der Waals surface area contributed by atoms with Crippen molar-refractivity contribution in [1.82, 2.24) is 15.1 Å². The molecule has 1 saturated heterocycles. The molecule has 0 atom stereocenters. The number of nitrogens with one attached hydrogen (secondary N) is 2. The Kier molecular flexibility index (Phi) is 3.70. The van der Waals surface area contributed by atoms with E-state index in [9.17, 15) is 9.59 Å². The van der Waals surface area contributed by atoms with Gasteiger partial charge in [0.15, 0.2) is 0 Å². The first-order valence-corrected chi connectivity index (χ1v) is 8.02. The molecule has 0 unspecified atom stereocenters. The maximum Gasteiger partial charge on any atom is 0.250 e. The maximum atomic E-state index is 12.0. The van der Waals surface area contributed by atoms with Crippen molar-refractivity contribution >= 4 is 28.4 Å². The molecule has 1 aliphatic rings. The van der Waals surface area contributed by atoms with E-state index < -0.39 is 5.91 Å². The van der Waals surface area contributed by atoms with E-state index in [1.165, 1.54) is 0 Å². The van der Waals surface area contributed by atoms with Crippen molar-refractivity contribution in [3.05, 3.63) is 54.2 Å². The van der Waals surface area contributed by atoms with Crippen LogP contribution in [0.2, 0.25) is 0 Å². The van der Waals surface area contributed by atoms with Gasteiger partial charge in [-0.3, -0.25) is 9.59 Å². The second-order valence-corrected chi connectivity index (χ2v) is 6.07. The van der Waals surface area contributed by atoms with Crippen LogP contribution in [0.15, 0.2) is 48.7 Å². The quantitative estimate of drug-likeness (QED) is 0.668. The molecule has 126 valence electrons. The fourth-order valence-corrected chi connectivity index (χ4v) is 2.79. The molecule has 2 amide bonds. The maximum absolute atomic E-state index is 12.0. The lowest BCUT2D eigenvalue weighted by Gasteiger charge is -2.25. The van der Waals surface area contributed by atoms with Crippen molar-refractivity contribution in [3.8, 4) is 5.69 Å². The standard InChI is InChI=1S/C18H17N5O2/c19-17(24)15-3-1-2-11-10-23(22-16(11)15)14-6-4-13(5-7-14)21-18(25)12-8-20-9-12/h1-7,10,12,20H,8-9H2,(H2,19,24)(H,21,25). The van der Waals surface area contributed by atoms with Gasteiger partial charge in [-0.05, 0) is 30.3 Å². The number of nitrogens with zero attached hydrogens (tertiary/aromatic N) is 2. The highest BCUT2D eigenvalue weighted by Crippen LogP contribution is 2.20. The van der Waals surface area contributed by atoms with E-state index in [2.05, 4.69) is 15.7 Å². The zero-order valence-electron chi connectivity index (χ0n) is 13.4. The zero-order valence-corrected chi connectivity index (χ0v) is 13.4. The Labute approximate surface area is 143 Å². The highest BCUT2D eigenvalue weighted by atomic mass is 16.2. The van der Waals surface area contributed by atoms with Crippen LogP contribution < -0.4 is 16.4 Å². The number of anilines is 1. The predicted octanol–water partition coefficient (Wildman–Crippen LogP) is 1.28. The smallest absolute Gasteiger partial charge is 0.250 e. The normalized spacial score (nSPS) is 14.2. The van der Waals surface area contributed by atoms with Crippen LogP contribution >= 0.6 is 0 Å². The van der Waals surface area contributed by atoms with Crippen molar-refractivity contribution < 1.29 is 9.59 Å². The van der Waals surface area contributed by atoms with E-state index in [4.69, 9.17) is 5.73 Å². The summed E-state index contributed by atoms with van der Waals surface area (Å²) in [7, 11) is 0. The summed E-state index contributed by atoms with van der Waals surface area (Å²) in [5.74, 6) is -0.426. The summed E-state index contributed by atoms with van der Waals surface area (Å²) in [6, 6.07) is 12.7. The van der Waals surface area contributed by atoms with Gasteiger partial charge in [0.25, 0.3) is 5.91 Å². The van der Waals surface area contributed by atoms with Crippen LogP contribution in [-0.4, -0.2) is 34.7 Å². The largest absolute Gasteiger partial charge is 0.366 e. The van der Waals surface area contributed by atoms with E-state index in [0.717, 1.165) is 29.9 Å². The zero-order chi connectivity index (χ0) is 17.4. The number of carbonyl (C=O) groups excluding carboxylic acids is 2. The van der Waals surface area contributed by atoms with Crippen molar-refractivity contribution in [2.75, 3.05) is 18.4 Å². The highest BCUT2D eigenvalue weighted by molar-refractivity contribution is 6.04. The minimum absolute atomic E-state index is 0.0300. The lowest BCUT2D eigenvalue weighted by atomic mass is 10.0. The molecule has 4 N–H and O–H groups in total. The van der Waals surface area contributed by atoms with E-state index >= 15 is 0 Å². The average molecular weight is 335 g/mol. The highest BCUT2D eigenvalue weighted by Gasteiger charge is 2.24. The van der Waals surface area contributed by atoms with Gasteiger partial charge in [0.2, 0.25) is 5.91 Å². The molecule has 0 saturated carbocycles. The first-order valence-electron chi connectivity index (χ1n) is 8.02. The number of rotatable bonds is 4. The number of hydrogen-bond donors (Lipinski definition) is 3. The molecular formula is C18H17N5O2. The number of carbonyl (C=O) groups is 2. The van der Waals surface area contributed by atoms with Gasteiger partial charge in [-0.25, -0.2) is 4.68 Å². The van der Waals surface area contributed by atoms with Gasteiger partial charge in [0, 0.05) is 30.4 Å². The Bertz CT molecular complexity index is 957. The summed E-state index contributed by atoms with van der Waals surface area (Å²) in [6.45, 7) is 1.46. The van der Waals surface area contributed by atoms with E-state index in [0.29, 0.717) is 11.1 Å². The molecule has 0 radical (unpaired) electrons. The molecule has 1 aliphatic heterocycles.